The van der Waals surface area contributed by atoms with Crippen molar-refractivity contribution in [1.29, 1.82) is 0 Å². The van der Waals surface area contributed by atoms with Gasteiger partial charge in [-0.2, -0.15) is 0 Å². The van der Waals surface area contributed by atoms with Gasteiger partial charge in [-0.05, 0) is 30.2 Å². The van der Waals surface area contributed by atoms with Gasteiger partial charge >= 0.3 is 0 Å². The fourth-order valence-electron chi connectivity index (χ4n) is 1.29. The molecule has 0 heterocycles. The molecule has 0 aliphatic carbocycles. The normalized spacial score (nSPS) is 14.7. The highest BCUT2D eigenvalue weighted by Gasteiger charge is 2.21. The summed E-state index contributed by atoms with van der Waals surface area (Å²) in [5, 5.41) is 0. The molecule has 1 aromatic rings. The number of hydrogen-bond acceptors (Lipinski definition) is 0. The molecular formula is C12H13ClF2. The lowest BCUT2D eigenvalue weighted by atomic mass is 9.85. The first-order chi connectivity index (χ1) is 7.00. The fourth-order valence-corrected chi connectivity index (χ4v) is 1.49. The number of alkyl halides is 1. The molecule has 0 aliphatic rings. The van der Waals surface area contributed by atoms with Crippen LogP contribution in [0.5, 0.6) is 0 Å². The molecule has 15 heavy (non-hydrogen) atoms. The SMILES string of the molecule is C=CC(C)(CCl)Cc1cc(F)ccc1F. The summed E-state index contributed by atoms with van der Waals surface area (Å²) >= 11 is 5.76. The van der Waals surface area contributed by atoms with Crippen LogP contribution in [0.2, 0.25) is 0 Å². The fraction of sp³-hybridized carbons (Fsp3) is 0.333. The number of allylic oxidation sites excluding steroid dienone is 1. The van der Waals surface area contributed by atoms with Gasteiger partial charge in [0, 0.05) is 11.3 Å². The zero-order chi connectivity index (χ0) is 11.5. The average molecular weight is 231 g/mol. The summed E-state index contributed by atoms with van der Waals surface area (Å²) < 4.78 is 26.2. The van der Waals surface area contributed by atoms with Gasteiger partial charge in [-0.1, -0.05) is 13.0 Å². The van der Waals surface area contributed by atoms with Crippen molar-refractivity contribution in [2.75, 3.05) is 5.88 Å². The maximum atomic E-state index is 13.3. The van der Waals surface area contributed by atoms with Crippen LogP contribution in [0.1, 0.15) is 12.5 Å². The Balaban J connectivity index is 2.97. The van der Waals surface area contributed by atoms with Crippen molar-refractivity contribution in [3.05, 3.63) is 48.1 Å². The predicted octanol–water partition coefficient (Wildman–Crippen LogP) is 3.94. The van der Waals surface area contributed by atoms with Crippen molar-refractivity contribution >= 4 is 11.6 Å². The molecule has 0 amide bonds. The van der Waals surface area contributed by atoms with E-state index in [2.05, 4.69) is 6.58 Å². The van der Waals surface area contributed by atoms with Gasteiger partial charge in [-0.25, -0.2) is 8.78 Å². The van der Waals surface area contributed by atoms with E-state index in [1.807, 2.05) is 6.92 Å². The maximum Gasteiger partial charge on any atom is 0.126 e. The summed E-state index contributed by atoms with van der Waals surface area (Å²) in [5.74, 6) is -0.520. The molecule has 1 atom stereocenters. The van der Waals surface area contributed by atoms with Crippen LogP contribution in [0.3, 0.4) is 0 Å². The van der Waals surface area contributed by atoms with Crippen LogP contribution in [-0.2, 0) is 6.42 Å². The first-order valence-electron chi connectivity index (χ1n) is 4.64. The molecule has 1 aromatic carbocycles. The van der Waals surface area contributed by atoms with Crippen LogP contribution in [-0.4, -0.2) is 5.88 Å². The molecule has 0 radical (unpaired) electrons. The smallest absolute Gasteiger partial charge is 0.126 e. The van der Waals surface area contributed by atoms with E-state index in [1.54, 1.807) is 6.08 Å². The Hall–Kier alpha value is -0.890. The Morgan fingerprint density at radius 2 is 2.13 bits per heavy atom. The Morgan fingerprint density at radius 3 is 2.67 bits per heavy atom. The lowest BCUT2D eigenvalue weighted by Gasteiger charge is -2.22. The van der Waals surface area contributed by atoms with Crippen LogP contribution < -0.4 is 0 Å². The van der Waals surface area contributed by atoms with Gasteiger partial charge in [0.2, 0.25) is 0 Å². The Morgan fingerprint density at radius 1 is 1.47 bits per heavy atom. The summed E-state index contributed by atoms with van der Waals surface area (Å²) in [5.41, 5.74) is -0.0750. The topological polar surface area (TPSA) is 0 Å². The van der Waals surface area contributed by atoms with Crippen molar-refractivity contribution in [3.8, 4) is 0 Å². The third-order valence-corrected chi connectivity index (χ3v) is 3.01. The minimum Gasteiger partial charge on any atom is -0.207 e. The number of benzene rings is 1. The van der Waals surface area contributed by atoms with E-state index in [1.165, 1.54) is 6.07 Å². The van der Waals surface area contributed by atoms with Crippen LogP contribution in [0.15, 0.2) is 30.9 Å². The first kappa shape index (κ1) is 12.2. The van der Waals surface area contributed by atoms with Crippen molar-refractivity contribution in [2.45, 2.75) is 13.3 Å². The van der Waals surface area contributed by atoms with E-state index in [9.17, 15) is 8.78 Å². The first-order valence-corrected chi connectivity index (χ1v) is 5.18. The van der Waals surface area contributed by atoms with E-state index in [-0.39, 0.29) is 0 Å². The molecule has 3 heteroatoms. The van der Waals surface area contributed by atoms with E-state index in [0.717, 1.165) is 12.1 Å². The number of halogens is 3. The standard InChI is InChI=1S/C12H13ClF2/c1-3-12(2,8-13)7-9-6-10(14)4-5-11(9)15/h3-6H,1,7-8H2,2H3. The molecule has 0 fully saturated rings. The Labute approximate surface area is 93.6 Å². The molecule has 1 rings (SSSR count). The zero-order valence-electron chi connectivity index (χ0n) is 8.56. The largest absolute Gasteiger partial charge is 0.207 e. The second-order valence-electron chi connectivity index (χ2n) is 3.90. The van der Waals surface area contributed by atoms with Crippen LogP contribution in [0.25, 0.3) is 0 Å². The molecule has 0 aliphatic heterocycles. The number of rotatable bonds is 4. The third kappa shape index (κ3) is 3.03. The maximum absolute atomic E-state index is 13.3. The highest BCUT2D eigenvalue weighted by molar-refractivity contribution is 6.18. The monoisotopic (exact) mass is 230 g/mol. The molecule has 1 unspecified atom stereocenters. The molecule has 0 saturated heterocycles. The molecule has 0 N–H and O–H groups in total. The second-order valence-corrected chi connectivity index (χ2v) is 4.17. The van der Waals surface area contributed by atoms with Crippen LogP contribution in [0.4, 0.5) is 8.78 Å². The molecule has 0 bridgehead atoms. The molecule has 0 saturated carbocycles. The third-order valence-electron chi connectivity index (χ3n) is 2.40. The van der Waals surface area contributed by atoms with Crippen LogP contribution in [0, 0.1) is 17.0 Å². The summed E-state index contributed by atoms with van der Waals surface area (Å²) in [6.07, 6.45) is 2.02. The van der Waals surface area contributed by atoms with Crippen molar-refractivity contribution < 1.29 is 8.78 Å². The lowest BCUT2D eigenvalue weighted by Crippen LogP contribution is -2.19. The molecule has 0 nitrogen and oxygen atoms in total. The van der Waals surface area contributed by atoms with Gasteiger partial charge in [0.25, 0.3) is 0 Å². The second kappa shape index (κ2) is 4.75. The minimum absolute atomic E-state index is 0.326. The molecule has 0 spiro atoms. The predicted molar refractivity (Wildman–Crippen MR) is 59.1 cm³/mol. The minimum atomic E-state index is -0.438. The van der Waals surface area contributed by atoms with E-state index in [0.29, 0.717) is 17.9 Å². The average Bonchev–Trinajstić information content (AvgIpc) is 2.23. The highest BCUT2D eigenvalue weighted by Crippen LogP contribution is 2.27. The van der Waals surface area contributed by atoms with Crippen molar-refractivity contribution in [1.82, 2.24) is 0 Å². The lowest BCUT2D eigenvalue weighted by molar-refractivity contribution is 0.467. The summed E-state index contributed by atoms with van der Waals surface area (Å²) in [4.78, 5) is 0. The quantitative estimate of drug-likeness (QED) is 0.543. The van der Waals surface area contributed by atoms with E-state index in [4.69, 9.17) is 11.6 Å². The van der Waals surface area contributed by atoms with Gasteiger partial charge < -0.3 is 0 Å². The van der Waals surface area contributed by atoms with Crippen molar-refractivity contribution in [3.63, 3.8) is 0 Å². The molecule has 0 aromatic heterocycles. The van der Waals surface area contributed by atoms with Crippen LogP contribution >= 0.6 is 11.6 Å². The number of hydrogen-bond donors (Lipinski definition) is 0. The van der Waals surface area contributed by atoms with Gasteiger partial charge in [0.15, 0.2) is 0 Å². The zero-order valence-corrected chi connectivity index (χ0v) is 9.32. The summed E-state index contributed by atoms with van der Waals surface area (Å²) in [7, 11) is 0. The van der Waals surface area contributed by atoms with E-state index >= 15 is 0 Å². The summed E-state index contributed by atoms with van der Waals surface area (Å²) in [6, 6.07) is 3.43. The van der Waals surface area contributed by atoms with Gasteiger partial charge in [0.1, 0.15) is 11.6 Å². The van der Waals surface area contributed by atoms with Crippen molar-refractivity contribution in [2.24, 2.45) is 5.41 Å². The Bertz CT molecular complexity index is 363. The van der Waals surface area contributed by atoms with Gasteiger partial charge in [-0.3, -0.25) is 0 Å². The molecule has 82 valence electrons. The Kier molecular flexibility index (Phi) is 3.86. The summed E-state index contributed by atoms with van der Waals surface area (Å²) in [6.45, 7) is 5.51. The molecular weight excluding hydrogens is 218 g/mol. The highest BCUT2D eigenvalue weighted by atomic mass is 35.5. The van der Waals surface area contributed by atoms with Gasteiger partial charge in [-0.15, -0.1) is 18.2 Å². The van der Waals surface area contributed by atoms with Gasteiger partial charge in [0.05, 0.1) is 0 Å². The van der Waals surface area contributed by atoms with E-state index < -0.39 is 17.0 Å².